The molecule has 0 atom stereocenters. The number of imidazole rings is 2. The number of hydrogen-bond acceptors (Lipinski definition) is 9. The van der Waals surface area contributed by atoms with E-state index in [0.29, 0.717) is 11.1 Å². The molecule has 0 fully saturated rings. The Morgan fingerprint density at radius 1 is 0.333 bits per heavy atom. The largest absolute Gasteiger partial charge is 0.478 e. The van der Waals surface area contributed by atoms with Gasteiger partial charge in [0.25, 0.3) is 23.6 Å². The Bertz CT molecular complexity index is 4220. The van der Waals surface area contributed by atoms with E-state index in [2.05, 4.69) is 0 Å². The summed E-state index contributed by atoms with van der Waals surface area (Å²) in [5, 5.41) is 0. The first-order chi connectivity index (χ1) is 42.6. The average molecular weight is 1150 g/mol. The van der Waals surface area contributed by atoms with Crippen LogP contribution in [0.4, 0.5) is 8.78 Å². The van der Waals surface area contributed by atoms with Crippen LogP contribution >= 0.6 is 0 Å². The van der Waals surface area contributed by atoms with Gasteiger partial charge in [-0.1, -0.05) is 206 Å². The van der Waals surface area contributed by atoms with Gasteiger partial charge in [-0.15, -0.1) is 0 Å². The Labute approximate surface area is 497 Å². The van der Waals surface area contributed by atoms with Crippen LogP contribution in [0.15, 0.2) is 243 Å². The number of hydrogen-bond donors (Lipinski definition) is 0. The molecule has 12 aromatic rings. The van der Waals surface area contributed by atoms with Crippen molar-refractivity contribution in [2.75, 3.05) is 0 Å². The molecule has 4 amide bonds. The van der Waals surface area contributed by atoms with Crippen molar-refractivity contribution < 1.29 is 42.2 Å². The van der Waals surface area contributed by atoms with Gasteiger partial charge in [0.05, 0.1) is 25.7 Å². The second-order valence-electron chi connectivity index (χ2n) is 21.3. The first-order valence-electron chi connectivity index (χ1n) is 28.2. The van der Waals surface area contributed by atoms with Gasteiger partial charge in [0, 0.05) is 13.1 Å². The first-order valence-corrected chi connectivity index (χ1v) is 28.2. The topological polar surface area (TPSA) is 138 Å². The van der Waals surface area contributed by atoms with E-state index in [0.717, 1.165) is 43.2 Å². The Kier molecular flexibility index (Phi) is 14.0. The van der Waals surface area contributed by atoms with Gasteiger partial charge in [-0.05, 0) is 68.8 Å². The molecule has 0 bridgehead atoms. The summed E-state index contributed by atoms with van der Waals surface area (Å²) in [7, 11) is 0. The van der Waals surface area contributed by atoms with Crippen LogP contribution in [-0.2, 0) is 26.2 Å². The minimum absolute atomic E-state index is 0.0188. The third kappa shape index (κ3) is 9.99. The van der Waals surface area contributed by atoms with Crippen LogP contribution in [-0.4, -0.2) is 52.5 Å². The molecule has 13 nitrogen and oxygen atoms in total. The fourth-order valence-corrected chi connectivity index (χ4v) is 11.6. The standard InChI is InChI=1S/C72H50F2N6O7/c73-53-35-31-47(32-36-53)41-79-69(81)55-57(71(79)83)67(61-59(75-43-77(61)39-45-19-7-1-8-20-45)65(55)85-63(49-23-11-3-12-24-49)50-25-13-4-14-26-50)87-68-58-56(70(82)80(72(58)84)42-48-33-37-54(74)38-34-48)66(60-62(68)78(44-76-60)40-46-21-9-2-10-22-46)86-64(51-27-15-5-16-28-51)52-29-17-6-18-30-52/h1-38,43-44,63-64H,39-42H2. The average Bonchev–Trinajstić information content (AvgIpc) is 1.61. The van der Waals surface area contributed by atoms with Gasteiger partial charge >= 0.3 is 0 Å². The van der Waals surface area contributed by atoms with E-state index < -0.39 is 47.5 Å². The van der Waals surface area contributed by atoms with Crippen molar-refractivity contribution in [2.24, 2.45) is 0 Å². The molecule has 424 valence electrons. The van der Waals surface area contributed by atoms with Crippen molar-refractivity contribution in [3.63, 3.8) is 0 Å². The molecule has 2 aliphatic rings. The van der Waals surface area contributed by atoms with Crippen LogP contribution in [0.1, 0.15) is 98.1 Å². The van der Waals surface area contributed by atoms with Gasteiger partial charge in [-0.25, -0.2) is 18.7 Å². The van der Waals surface area contributed by atoms with E-state index in [1.54, 1.807) is 21.8 Å². The summed E-state index contributed by atoms with van der Waals surface area (Å²) < 4.78 is 54.7. The van der Waals surface area contributed by atoms with Crippen molar-refractivity contribution in [2.45, 2.75) is 38.4 Å². The molecule has 0 saturated heterocycles. The monoisotopic (exact) mass is 1150 g/mol. The van der Waals surface area contributed by atoms with E-state index in [4.69, 9.17) is 24.2 Å². The van der Waals surface area contributed by atoms with Gasteiger partial charge in [-0.3, -0.25) is 29.0 Å². The van der Waals surface area contributed by atoms with E-state index in [1.165, 1.54) is 48.5 Å². The second-order valence-corrected chi connectivity index (χ2v) is 21.3. The number of carbonyl (C=O) groups is 4. The first kappa shape index (κ1) is 53.7. The predicted molar refractivity (Wildman–Crippen MR) is 323 cm³/mol. The fraction of sp³-hybridized carbons (Fsp3) is 0.0833. The molecular formula is C72H50F2N6O7. The molecule has 0 radical (unpaired) electrons. The molecule has 10 aromatic carbocycles. The lowest BCUT2D eigenvalue weighted by Crippen LogP contribution is -2.29. The summed E-state index contributed by atoms with van der Waals surface area (Å²) in [6.45, 7) is -0.217. The number of benzene rings is 10. The predicted octanol–water partition coefficient (Wildman–Crippen LogP) is 14.5. The minimum atomic E-state index is -0.853. The van der Waals surface area contributed by atoms with Crippen LogP contribution < -0.4 is 14.2 Å². The summed E-state index contributed by atoms with van der Waals surface area (Å²) in [6, 6.07) is 68.0. The number of rotatable bonds is 18. The third-order valence-corrected chi connectivity index (χ3v) is 15.8. The van der Waals surface area contributed by atoms with Crippen LogP contribution in [0.2, 0.25) is 0 Å². The minimum Gasteiger partial charge on any atom is -0.478 e. The molecule has 14 rings (SSSR count). The molecule has 15 heteroatoms. The molecule has 4 heterocycles. The number of fused-ring (bicyclic) bond motifs is 4. The number of halogens is 2. The fourth-order valence-electron chi connectivity index (χ4n) is 11.6. The lowest BCUT2D eigenvalue weighted by atomic mass is 9.99. The number of aromatic nitrogens is 4. The summed E-state index contributed by atoms with van der Waals surface area (Å²) in [5.74, 6) is -4.48. The maximum atomic E-state index is 16.0. The highest BCUT2D eigenvalue weighted by Crippen LogP contribution is 2.53. The smallest absolute Gasteiger partial charge is 0.265 e. The quantitative estimate of drug-likeness (QED) is 0.0769. The second kappa shape index (κ2) is 22.7. The molecule has 0 N–H and O–H groups in total. The lowest BCUT2D eigenvalue weighted by molar-refractivity contribution is 0.0625. The molecule has 0 saturated carbocycles. The van der Waals surface area contributed by atoms with E-state index in [1.807, 2.05) is 182 Å². The number of nitrogens with zero attached hydrogens (tertiary/aromatic N) is 6. The van der Waals surface area contributed by atoms with E-state index in [-0.39, 0.29) is 93.5 Å². The Morgan fingerprint density at radius 2 is 0.609 bits per heavy atom. The molecule has 0 unspecified atom stereocenters. The molecule has 0 spiro atoms. The van der Waals surface area contributed by atoms with Gasteiger partial charge < -0.3 is 23.3 Å². The van der Waals surface area contributed by atoms with Crippen molar-refractivity contribution in [1.82, 2.24) is 28.9 Å². The number of imide groups is 2. The molecule has 87 heavy (non-hydrogen) atoms. The zero-order chi connectivity index (χ0) is 59.1. The van der Waals surface area contributed by atoms with Gasteiger partial charge in [0.2, 0.25) is 0 Å². The molecular weight excluding hydrogens is 1100 g/mol. The van der Waals surface area contributed by atoms with Crippen LogP contribution in [0, 0.1) is 11.6 Å². The van der Waals surface area contributed by atoms with E-state index >= 15 is 19.2 Å². The maximum absolute atomic E-state index is 16.0. The van der Waals surface area contributed by atoms with Gasteiger partial charge in [0.15, 0.2) is 23.0 Å². The van der Waals surface area contributed by atoms with E-state index in [9.17, 15) is 8.78 Å². The van der Waals surface area contributed by atoms with Gasteiger partial charge in [-0.2, -0.15) is 0 Å². The summed E-state index contributed by atoms with van der Waals surface area (Å²) in [6.07, 6.45) is 1.46. The van der Waals surface area contributed by atoms with Gasteiger partial charge in [0.1, 0.15) is 68.2 Å². The van der Waals surface area contributed by atoms with Crippen molar-refractivity contribution in [3.05, 3.63) is 322 Å². The summed E-state index contributed by atoms with van der Waals surface area (Å²) in [4.78, 5) is 75.6. The summed E-state index contributed by atoms with van der Waals surface area (Å²) in [5.41, 5.74) is 5.43. The Morgan fingerprint density at radius 3 is 0.920 bits per heavy atom. The Hall–Kier alpha value is -11.3. The summed E-state index contributed by atoms with van der Waals surface area (Å²) >= 11 is 0. The van der Waals surface area contributed by atoms with Crippen molar-refractivity contribution in [3.8, 4) is 23.0 Å². The van der Waals surface area contributed by atoms with Crippen molar-refractivity contribution in [1.29, 1.82) is 0 Å². The zero-order valence-electron chi connectivity index (χ0n) is 46.4. The normalized spacial score (nSPS) is 12.9. The maximum Gasteiger partial charge on any atom is 0.265 e. The Balaban J connectivity index is 1.06. The number of amides is 4. The zero-order valence-corrected chi connectivity index (χ0v) is 46.4. The van der Waals surface area contributed by atoms with Crippen LogP contribution in [0.3, 0.4) is 0 Å². The third-order valence-electron chi connectivity index (χ3n) is 15.8. The highest BCUT2D eigenvalue weighted by molar-refractivity contribution is 6.28. The lowest BCUT2D eigenvalue weighted by Gasteiger charge is -2.24. The molecule has 2 aromatic heterocycles. The van der Waals surface area contributed by atoms with Crippen LogP contribution in [0.5, 0.6) is 23.0 Å². The number of ether oxygens (including phenoxy) is 3. The SMILES string of the molecule is O=C1c2c(c(Oc3c4c(c(OC(c5ccccc5)c5ccccc5)c5ncn(Cc6ccccc6)c35)C(=O)N(Cc3ccc(F)cc3)C4=O)c3c(ncn3Cc3ccccc3)c2OC(c2ccccc2)c2ccccc2)C(=O)N1Cc1ccc(F)cc1. The number of carbonyl (C=O) groups excluding carboxylic acids is 4. The molecule has 0 aliphatic carbocycles. The highest BCUT2D eigenvalue weighted by Gasteiger charge is 2.48. The highest BCUT2D eigenvalue weighted by atomic mass is 19.1. The van der Waals surface area contributed by atoms with Crippen molar-refractivity contribution >= 4 is 45.7 Å². The van der Waals surface area contributed by atoms with Crippen LogP contribution in [0.25, 0.3) is 22.1 Å². The molecule has 2 aliphatic heterocycles.